The van der Waals surface area contributed by atoms with E-state index in [9.17, 15) is 0 Å². The van der Waals surface area contributed by atoms with Crippen LogP contribution in [0.3, 0.4) is 0 Å². The Balaban J connectivity index is 2.21. The Kier molecular flexibility index (Phi) is 2.08. The van der Waals surface area contributed by atoms with Gasteiger partial charge in [-0.25, -0.2) is 0 Å². The molecule has 0 unspecified atom stereocenters. The van der Waals surface area contributed by atoms with Crippen LogP contribution < -0.4 is 0 Å². The average Bonchev–Trinajstić information content (AvgIpc) is 2.21. The maximum absolute atomic E-state index is 3.29. The van der Waals surface area contributed by atoms with Gasteiger partial charge in [0.05, 0.1) is 0 Å². The van der Waals surface area contributed by atoms with Crippen LogP contribution in [0.5, 0.6) is 0 Å². The van der Waals surface area contributed by atoms with Gasteiger partial charge in [-0.15, -0.1) is 0 Å². The summed E-state index contributed by atoms with van der Waals surface area (Å²) < 4.78 is 0. The first-order chi connectivity index (χ1) is 5.97. The minimum absolute atomic E-state index is 0.413. The third kappa shape index (κ3) is 1.48. The first-order valence-electron chi connectivity index (χ1n) is 4.18. The van der Waals surface area contributed by atoms with Crippen molar-refractivity contribution in [2.24, 2.45) is 0 Å². The smallest absolute Gasteiger partial charge is 0.0133 e. The van der Waals surface area contributed by atoms with E-state index in [1.807, 2.05) is 30.4 Å². The fraction of sp³-hybridized carbons (Fsp3) is 0.167. The van der Waals surface area contributed by atoms with Crippen molar-refractivity contribution in [1.82, 2.24) is 0 Å². The van der Waals surface area contributed by atoms with Crippen molar-refractivity contribution in [1.29, 1.82) is 0 Å². The molecule has 0 nitrogen and oxygen atoms in total. The van der Waals surface area contributed by atoms with Crippen molar-refractivity contribution in [2.75, 3.05) is 0 Å². The lowest BCUT2D eigenvalue weighted by Crippen LogP contribution is -1.96. The Labute approximate surface area is 73.2 Å². The highest BCUT2D eigenvalue weighted by molar-refractivity contribution is 5.24. The Morgan fingerprint density at radius 2 is 2.33 bits per heavy atom. The molecule has 58 valence electrons. The normalized spacial score (nSPS) is 21.2. The molecule has 1 aliphatic rings. The van der Waals surface area contributed by atoms with Gasteiger partial charge in [-0.2, -0.15) is 0 Å². The maximum atomic E-state index is 3.29. The highest BCUT2D eigenvalue weighted by Crippen LogP contribution is 2.22. The second-order valence-electron chi connectivity index (χ2n) is 2.87. The lowest BCUT2D eigenvalue weighted by Gasteiger charge is -2.11. The van der Waals surface area contributed by atoms with E-state index in [1.165, 1.54) is 5.56 Å². The largest absolute Gasteiger partial charge is 0.0836 e. The number of hydrogen-bond acceptors (Lipinski definition) is 0. The third-order valence-electron chi connectivity index (χ3n) is 2.01. The lowest BCUT2D eigenvalue weighted by molar-refractivity contribution is 0.829. The summed E-state index contributed by atoms with van der Waals surface area (Å²) >= 11 is 0. The first-order valence-corrected chi connectivity index (χ1v) is 4.18. The van der Waals surface area contributed by atoms with Gasteiger partial charge in [-0.1, -0.05) is 42.5 Å². The van der Waals surface area contributed by atoms with Gasteiger partial charge in [0, 0.05) is 5.92 Å². The fourth-order valence-corrected chi connectivity index (χ4v) is 1.36. The van der Waals surface area contributed by atoms with Crippen molar-refractivity contribution in [3.63, 3.8) is 0 Å². The quantitative estimate of drug-likeness (QED) is 0.583. The van der Waals surface area contributed by atoms with Crippen LogP contribution in [0.2, 0.25) is 0 Å². The standard InChI is InChI=1S/C12H10/c1-3-7-11(8-4-1)12-9-5-2-6-10-12/h1-7,12H,9H2/t12-/m1/s1. The SMILES string of the molecule is [C]1=CC=CC[C@H]1c1[c]cccc1. The van der Waals surface area contributed by atoms with E-state index >= 15 is 0 Å². The molecule has 0 fully saturated rings. The van der Waals surface area contributed by atoms with E-state index in [1.54, 1.807) is 0 Å². The van der Waals surface area contributed by atoms with Gasteiger partial charge in [-0.3, -0.25) is 0 Å². The summed E-state index contributed by atoms with van der Waals surface area (Å²) in [6, 6.07) is 11.3. The average molecular weight is 154 g/mol. The summed E-state index contributed by atoms with van der Waals surface area (Å²) in [5.41, 5.74) is 1.23. The number of allylic oxidation sites excluding steroid dienone is 4. The minimum Gasteiger partial charge on any atom is -0.0836 e. The van der Waals surface area contributed by atoms with E-state index in [-0.39, 0.29) is 0 Å². The molecule has 0 saturated heterocycles. The molecule has 0 spiro atoms. The van der Waals surface area contributed by atoms with Crippen molar-refractivity contribution in [2.45, 2.75) is 12.3 Å². The molecule has 1 aromatic rings. The van der Waals surface area contributed by atoms with Crippen LogP contribution in [-0.4, -0.2) is 0 Å². The van der Waals surface area contributed by atoms with Gasteiger partial charge >= 0.3 is 0 Å². The van der Waals surface area contributed by atoms with Crippen LogP contribution in [0.4, 0.5) is 0 Å². The molecule has 1 atom stereocenters. The first kappa shape index (κ1) is 7.35. The molecule has 0 aliphatic heterocycles. The molecule has 12 heavy (non-hydrogen) atoms. The predicted octanol–water partition coefficient (Wildman–Crippen LogP) is 2.89. The number of rotatable bonds is 1. The topological polar surface area (TPSA) is 0 Å². The van der Waals surface area contributed by atoms with Crippen molar-refractivity contribution in [3.05, 3.63) is 60.2 Å². The lowest BCUT2D eigenvalue weighted by atomic mass is 9.93. The van der Waals surface area contributed by atoms with E-state index in [2.05, 4.69) is 24.3 Å². The summed E-state index contributed by atoms with van der Waals surface area (Å²) in [5.74, 6) is 0.413. The van der Waals surface area contributed by atoms with Gasteiger partial charge in [0.25, 0.3) is 0 Å². The van der Waals surface area contributed by atoms with Gasteiger partial charge < -0.3 is 0 Å². The summed E-state index contributed by atoms with van der Waals surface area (Å²) in [7, 11) is 0. The predicted molar refractivity (Wildman–Crippen MR) is 49.6 cm³/mol. The summed E-state index contributed by atoms with van der Waals surface area (Å²) in [4.78, 5) is 0. The zero-order valence-corrected chi connectivity index (χ0v) is 6.83. The van der Waals surface area contributed by atoms with E-state index in [0.29, 0.717) is 5.92 Å². The molecule has 0 heterocycles. The molecule has 2 radical (unpaired) electrons. The monoisotopic (exact) mass is 154 g/mol. The molecule has 0 N–H and O–H groups in total. The molecule has 0 saturated carbocycles. The van der Waals surface area contributed by atoms with Crippen LogP contribution >= 0.6 is 0 Å². The van der Waals surface area contributed by atoms with Crippen LogP contribution in [0.25, 0.3) is 0 Å². The fourth-order valence-electron chi connectivity index (χ4n) is 1.36. The molecular weight excluding hydrogens is 144 g/mol. The Morgan fingerprint density at radius 3 is 3.00 bits per heavy atom. The van der Waals surface area contributed by atoms with Gasteiger partial charge in [0.15, 0.2) is 0 Å². The van der Waals surface area contributed by atoms with Crippen LogP contribution in [0, 0.1) is 12.1 Å². The molecule has 1 aromatic carbocycles. The zero-order valence-electron chi connectivity index (χ0n) is 6.83. The summed E-state index contributed by atoms with van der Waals surface area (Å²) in [6.07, 6.45) is 10.5. The zero-order chi connectivity index (χ0) is 8.23. The highest BCUT2D eigenvalue weighted by atomic mass is 14.1. The van der Waals surface area contributed by atoms with Crippen molar-refractivity contribution < 1.29 is 0 Å². The third-order valence-corrected chi connectivity index (χ3v) is 2.01. The molecular formula is C12H10. The second kappa shape index (κ2) is 3.40. The van der Waals surface area contributed by atoms with Crippen molar-refractivity contribution >= 4 is 0 Å². The van der Waals surface area contributed by atoms with Crippen molar-refractivity contribution in [3.8, 4) is 0 Å². The number of hydrogen-bond donors (Lipinski definition) is 0. The summed E-state index contributed by atoms with van der Waals surface area (Å²) in [5, 5.41) is 0. The van der Waals surface area contributed by atoms with E-state index < -0.39 is 0 Å². The van der Waals surface area contributed by atoms with Crippen LogP contribution in [0.15, 0.2) is 42.5 Å². The van der Waals surface area contributed by atoms with Crippen LogP contribution in [0.1, 0.15) is 17.9 Å². The maximum Gasteiger partial charge on any atom is 0.0133 e. The number of benzene rings is 1. The highest BCUT2D eigenvalue weighted by Gasteiger charge is 2.07. The van der Waals surface area contributed by atoms with E-state index in [0.717, 1.165) is 6.42 Å². The van der Waals surface area contributed by atoms with Gasteiger partial charge in [-0.05, 0) is 24.1 Å². The van der Waals surface area contributed by atoms with Gasteiger partial charge in [0.2, 0.25) is 0 Å². The minimum atomic E-state index is 0.413. The van der Waals surface area contributed by atoms with Crippen LogP contribution in [-0.2, 0) is 0 Å². The molecule has 1 aliphatic carbocycles. The summed E-state index contributed by atoms with van der Waals surface area (Å²) in [6.45, 7) is 0. The molecule has 2 rings (SSSR count). The molecule has 0 amide bonds. The Bertz CT molecular complexity index is 293. The van der Waals surface area contributed by atoms with Gasteiger partial charge in [0.1, 0.15) is 0 Å². The molecule has 0 heteroatoms. The Morgan fingerprint density at radius 1 is 1.33 bits per heavy atom. The Hall–Kier alpha value is -1.30. The molecule has 0 bridgehead atoms. The van der Waals surface area contributed by atoms with E-state index in [4.69, 9.17) is 0 Å². The second-order valence-corrected chi connectivity index (χ2v) is 2.87. The molecule has 0 aromatic heterocycles.